The van der Waals surface area contributed by atoms with Gasteiger partial charge in [-0.3, -0.25) is 24.1 Å². The van der Waals surface area contributed by atoms with Crippen LogP contribution in [0.1, 0.15) is 50.5 Å². The van der Waals surface area contributed by atoms with Crippen molar-refractivity contribution in [2.75, 3.05) is 5.32 Å². The molecule has 4 amide bonds. The first kappa shape index (κ1) is 22.0. The molecule has 0 saturated heterocycles. The first-order chi connectivity index (χ1) is 14.5. The molecule has 0 aromatic heterocycles. The van der Waals surface area contributed by atoms with Crippen molar-refractivity contribution in [2.45, 2.75) is 32.6 Å². The molecule has 7 nitrogen and oxygen atoms in total. The molecule has 162 valence electrons. The summed E-state index contributed by atoms with van der Waals surface area (Å²) in [5.41, 5.74) is 1.15. The van der Waals surface area contributed by atoms with Gasteiger partial charge in [0.1, 0.15) is 0 Å². The van der Waals surface area contributed by atoms with Gasteiger partial charge in [-0.05, 0) is 49.7 Å². The van der Waals surface area contributed by atoms with Crippen molar-refractivity contribution < 1.29 is 32.3 Å². The third kappa shape index (κ3) is 4.57. The van der Waals surface area contributed by atoms with Gasteiger partial charge in [0.15, 0.2) is 0 Å². The highest BCUT2D eigenvalue weighted by Crippen LogP contribution is 2.26. The summed E-state index contributed by atoms with van der Waals surface area (Å²) in [6.07, 6.45) is -4.99. The molecule has 0 spiro atoms. The van der Waals surface area contributed by atoms with E-state index in [2.05, 4.69) is 5.32 Å². The summed E-state index contributed by atoms with van der Waals surface area (Å²) in [5, 5.41) is 4.36. The predicted octanol–water partition coefficient (Wildman–Crippen LogP) is 3.12. The number of imide groups is 1. The van der Waals surface area contributed by atoms with Gasteiger partial charge in [0, 0.05) is 23.8 Å². The first-order valence-electron chi connectivity index (χ1n) is 9.26. The number of halogens is 3. The number of anilines is 1. The minimum Gasteiger partial charge on any atom is -0.348 e. The van der Waals surface area contributed by atoms with Crippen molar-refractivity contribution in [3.8, 4) is 0 Å². The second-order valence-corrected chi connectivity index (χ2v) is 7.17. The maximum atomic E-state index is 12.4. The SMILES string of the molecule is CC(C)N1C(=O)c2ccc(C(=O)NCc3ccc(NC(=O)C(F)(F)F)cc3)cc2C1=O. The normalized spacial score (nSPS) is 13.4. The van der Waals surface area contributed by atoms with Crippen molar-refractivity contribution in [1.82, 2.24) is 10.2 Å². The lowest BCUT2D eigenvalue weighted by Crippen LogP contribution is -2.35. The first-order valence-corrected chi connectivity index (χ1v) is 9.26. The lowest BCUT2D eigenvalue weighted by molar-refractivity contribution is -0.167. The molecule has 10 heteroatoms. The van der Waals surface area contributed by atoms with E-state index in [1.807, 2.05) is 0 Å². The van der Waals surface area contributed by atoms with Gasteiger partial charge in [-0.25, -0.2) is 0 Å². The second kappa shape index (κ2) is 8.21. The fraction of sp³-hybridized carbons (Fsp3) is 0.238. The number of rotatable bonds is 5. The van der Waals surface area contributed by atoms with Crippen LogP contribution in [0, 0.1) is 0 Å². The Morgan fingerprint density at radius 3 is 2.16 bits per heavy atom. The topological polar surface area (TPSA) is 95.6 Å². The number of fused-ring (bicyclic) bond motifs is 1. The number of nitrogens with one attached hydrogen (secondary N) is 2. The predicted molar refractivity (Wildman–Crippen MR) is 104 cm³/mol. The van der Waals surface area contributed by atoms with Crippen LogP contribution in [-0.4, -0.2) is 40.7 Å². The van der Waals surface area contributed by atoms with Gasteiger partial charge >= 0.3 is 12.1 Å². The molecule has 3 rings (SSSR count). The number of carbonyl (C=O) groups is 4. The van der Waals surface area contributed by atoms with Crippen LogP contribution in [0.3, 0.4) is 0 Å². The average molecular weight is 433 g/mol. The van der Waals surface area contributed by atoms with E-state index in [4.69, 9.17) is 0 Å². The molecule has 0 aliphatic carbocycles. The summed E-state index contributed by atoms with van der Waals surface area (Å²) in [4.78, 5) is 49.3. The van der Waals surface area contributed by atoms with E-state index < -0.39 is 29.8 Å². The molecule has 2 aromatic carbocycles. The summed E-state index contributed by atoms with van der Waals surface area (Å²) in [5.74, 6) is -3.42. The van der Waals surface area contributed by atoms with Gasteiger partial charge in [0.25, 0.3) is 17.7 Å². The van der Waals surface area contributed by atoms with Crippen molar-refractivity contribution in [2.24, 2.45) is 0 Å². The lowest BCUT2D eigenvalue weighted by atomic mass is 10.1. The number of alkyl halides is 3. The molecule has 2 N–H and O–H groups in total. The smallest absolute Gasteiger partial charge is 0.348 e. The standard InChI is InChI=1S/C21H18F3N3O4/c1-11(2)27-18(29)15-8-5-13(9-16(15)19(27)30)17(28)25-10-12-3-6-14(7-4-12)26-20(31)21(22,23)24/h3-9,11H,10H2,1-2H3,(H,25,28)(H,26,31). The molecular formula is C21H18F3N3O4. The Hall–Kier alpha value is -3.69. The summed E-state index contributed by atoms with van der Waals surface area (Å²) in [7, 11) is 0. The Bertz CT molecular complexity index is 1060. The highest BCUT2D eigenvalue weighted by molar-refractivity contribution is 6.22. The molecule has 1 aliphatic rings. The third-order valence-electron chi connectivity index (χ3n) is 4.62. The zero-order valence-corrected chi connectivity index (χ0v) is 16.5. The molecule has 0 saturated carbocycles. The molecule has 31 heavy (non-hydrogen) atoms. The Labute approximate surface area is 175 Å². The van der Waals surface area contributed by atoms with Crippen LogP contribution in [0.25, 0.3) is 0 Å². The monoisotopic (exact) mass is 433 g/mol. The molecule has 0 atom stereocenters. The summed E-state index contributed by atoms with van der Waals surface area (Å²) >= 11 is 0. The number of carbonyl (C=O) groups excluding carboxylic acids is 4. The largest absolute Gasteiger partial charge is 0.471 e. The maximum Gasteiger partial charge on any atom is 0.471 e. The summed E-state index contributed by atoms with van der Waals surface area (Å²) < 4.78 is 36.8. The highest BCUT2D eigenvalue weighted by Gasteiger charge is 2.39. The number of nitrogens with zero attached hydrogens (tertiary/aromatic N) is 1. The van der Waals surface area contributed by atoms with Crippen LogP contribution in [0.2, 0.25) is 0 Å². The van der Waals surface area contributed by atoms with Crippen molar-refractivity contribution >= 4 is 29.3 Å². The van der Waals surface area contributed by atoms with Gasteiger partial charge in [-0.15, -0.1) is 0 Å². The third-order valence-corrected chi connectivity index (χ3v) is 4.62. The summed E-state index contributed by atoms with van der Waals surface area (Å²) in [6.45, 7) is 3.50. The number of amides is 4. The van der Waals surface area contributed by atoms with Crippen molar-refractivity contribution in [3.05, 3.63) is 64.7 Å². The number of benzene rings is 2. The van der Waals surface area contributed by atoms with E-state index >= 15 is 0 Å². The number of hydrogen-bond acceptors (Lipinski definition) is 4. The van der Waals surface area contributed by atoms with Crippen LogP contribution < -0.4 is 10.6 Å². The van der Waals surface area contributed by atoms with E-state index in [1.165, 1.54) is 42.5 Å². The molecule has 2 aromatic rings. The van der Waals surface area contributed by atoms with E-state index in [0.717, 1.165) is 4.90 Å². The van der Waals surface area contributed by atoms with Crippen LogP contribution in [0.5, 0.6) is 0 Å². The molecule has 1 aliphatic heterocycles. The van der Waals surface area contributed by atoms with Crippen LogP contribution in [0.15, 0.2) is 42.5 Å². The molecule has 0 fully saturated rings. The number of hydrogen-bond donors (Lipinski definition) is 2. The highest BCUT2D eigenvalue weighted by atomic mass is 19.4. The summed E-state index contributed by atoms with van der Waals surface area (Å²) in [6, 6.07) is 9.41. The average Bonchev–Trinajstić information content (AvgIpc) is 2.96. The van der Waals surface area contributed by atoms with Crippen molar-refractivity contribution in [3.63, 3.8) is 0 Å². The maximum absolute atomic E-state index is 12.4. The fourth-order valence-electron chi connectivity index (χ4n) is 3.06. The Balaban J connectivity index is 1.64. The van der Waals surface area contributed by atoms with Gasteiger partial charge in [0.2, 0.25) is 0 Å². The van der Waals surface area contributed by atoms with E-state index in [0.29, 0.717) is 5.56 Å². The molecule has 0 unspecified atom stereocenters. The Morgan fingerprint density at radius 2 is 1.58 bits per heavy atom. The van der Waals surface area contributed by atoms with E-state index in [-0.39, 0.29) is 35.0 Å². The zero-order valence-electron chi connectivity index (χ0n) is 16.5. The minimum atomic E-state index is -4.99. The zero-order chi connectivity index (χ0) is 22.9. The van der Waals surface area contributed by atoms with Gasteiger partial charge in [-0.2, -0.15) is 13.2 Å². The minimum absolute atomic E-state index is 0.0334. The molecule has 1 heterocycles. The quantitative estimate of drug-likeness (QED) is 0.709. The van der Waals surface area contributed by atoms with E-state index in [1.54, 1.807) is 19.2 Å². The molecular weight excluding hydrogens is 415 g/mol. The lowest BCUT2D eigenvalue weighted by Gasteiger charge is -2.17. The molecule has 0 radical (unpaired) electrons. The van der Waals surface area contributed by atoms with Gasteiger partial charge in [0.05, 0.1) is 11.1 Å². The van der Waals surface area contributed by atoms with Gasteiger partial charge in [-0.1, -0.05) is 12.1 Å². The Morgan fingerprint density at radius 1 is 0.968 bits per heavy atom. The second-order valence-electron chi connectivity index (χ2n) is 7.17. The molecule has 0 bridgehead atoms. The van der Waals surface area contributed by atoms with Gasteiger partial charge < -0.3 is 10.6 Å². The van der Waals surface area contributed by atoms with Crippen LogP contribution in [-0.2, 0) is 11.3 Å². The van der Waals surface area contributed by atoms with Crippen molar-refractivity contribution in [1.29, 1.82) is 0 Å². The fourth-order valence-corrected chi connectivity index (χ4v) is 3.06. The van der Waals surface area contributed by atoms with Crippen LogP contribution >= 0.6 is 0 Å². The Kier molecular flexibility index (Phi) is 5.83. The van der Waals surface area contributed by atoms with E-state index in [9.17, 15) is 32.3 Å². The van der Waals surface area contributed by atoms with Crippen LogP contribution in [0.4, 0.5) is 18.9 Å².